The second kappa shape index (κ2) is 7.69. The molecule has 2 aromatic rings. The fraction of sp³-hybridized carbons (Fsp3) is 0.250. The van der Waals surface area contributed by atoms with Crippen LogP contribution < -0.4 is 14.8 Å². The summed E-state index contributed by atoms with van der Waals surface area (Å²) in [6.07, 6.45) is 0. The lowest BCUT2D eigenvalue weighted by Gasteiger charge is -2.19. The number of halogens is 1. The predicted molar refractivity (Wildman–Crippen MR) is 89.2 cm³/mol. The molecule has 23 heavy (non-hydrogen) atoms. The zero-order valence-corrected chi connectivity index (χ0v) is 13.5. The maximum Gasteiger partial charge on any atom is 0.227 e. The third-order valence-corrected chi connectivity index (χ3v) is 3.59. The lowest BCUT2D eigenvalue weighted by atomic mass is 10.1. The fourth-order valence-electron chi connectivity index (χ4n) is 2.18. The summed E-state index contributed by atoms with van der Waals surface area (Å²) in [5.41, 5.74) is 1.42. The number of nitro groups is 1. The molecule has 0 spiro atoms. The maximum absolute atomic E-state index is 11.0. The molecule has 6 nitrogen and oxygen atoms in total. The van der Waals surface area contributed by atoms with E-state index in [-0.39, 0.29) is 11.5 Å². The molecule has 0 aliphatic carbocycles. The van der Waals surface area contributed by atoms with Crippen LogP contribution in [-0.2, 0) is 0 Å². The Morgan fingerprint density at radius 3 is 2.43 bits per heavy atom. The Kier molecular flexibility index (Phi) is 5.65. The molecule has 0 heterocycles. The van der Waals surface area contributed by atoms with Crippen molar-refractivity contribution in [3.8, 4) is 11.5 Å². The number of anilines is 1. The first-order chi connectivity index (χ1) is 11.0. The molecule has 0 bridgehead atoms. The first kappa shape index (κ1) is 16.9. The van der Waals surface area contributed by atoms with E-state index in [1.54, 1.807) is 49.6 Å². The highest BCUT2D eigenvalue weighted by Gasteiger charge is 2.19. The molecule has 2 rings (SSSR count). The summed E-state index contributed by atoms with van der Waals surface area (Å²) in [6.45, 7) is -0.267. The molecular formula is C16H17ClN2O4. The van der Waals surface area contributed by atoms with Crippen molar-refractivity contribution in [3.05, 3.63) is 63.2 Å². The Balaban J connectivity index is 2.30. The number of benzene rings is 2. The van der Waals surface area contributed by atoms with Crippen LogP contribution in [-0.4, -0.2) is 25.7 Å². The predicted octanol–water partition coefficient (Wildman–Crippen LogP) is 3.79. The molecule has 122 valence electrons. The van der Waals surface area contributed by atoms with Gasteiger partial charge in [0.15, 0.2) is 0 Å². The first-order valence-corrected chi connectivity index (χ1v) is 7.27. The molecule has 0 fully saturated rings. The Hall–Kier alpha value is -2.47. The fourth-order valence-corrected chi connectivity index (χ4v) is 2.31. The summed E-state index contributed by atoms with van der Waals surface area (Å²) in [5.74, 6) is 1.19. The van der Waals surface area contributed by atoms with E-state index < -0.39 is 6.04 Å². The quantitative estimate of drug-likeness (QED) is 0.615. The lowest BCUT2D eigenvalue weighted by molar-refractivity contribution is -0.482. The molecule has 1 N–H and O–H groups in total. The van der Waals surface area contributed by atoms with E-state index in [0.29, 0.717) is 22.2 Å². The van der Waals surface area contributed by atoms with E-state index in [1.165, 1.54) is 7.11 Å². The smallest absolute Gasteiger partial charge is 0.227 e. The van der Waals surface area contributed by atoms with Gasteiger partial charge in [-0.25, -0.2) is 0 Å². The summed E-state index contributed by atoms with van der Waals surface area (Å²) in [5, 5.41) is 14.7. The van der Waals surface area contributed by atoms with E-state index in [4.69, 9.17) is 21.1 Å². The molecule has 0 radical (unpaired) electrons. The minimum absolute atomic E-state index is 0.267. The van der Waals surface area contributed by atoms with Gasteiger partial charge < -0.3 is 14.8 Å². The third kappa shape index (κ3) is 4.50. The van der Waals surface area contributed by atoms with Gasteiger partial charge in [0.05, 0.1) is 19.9 Å². The van der Waals surface area contributed by atoms with Gasteiger partial charge >= 0.3 is 0 Å². The van der Waals surface area contributed by atoms with Gasteiger partial charge in [0.25, 0.3) is 0 Å². The van der Waals surface area contributed by atoms with Crippen LogP contribution in [0.15, 0.2) is 42.5 Å². The zero-order chi connectivity index (χ0) is 16.8. The van der Waals surface area contributed by atoms with Crippen molar-refractivity contribution in [3.63, 3.8) is 0 Å². The number of hydrogen-bond donors (Lipinski definition) is 1. The minimum atomic E-state index is -0.510. The molecule has 0 unspecified atom stereocenters. The van der Waals surface area contributed by atoms with Crippen LogP contribution in [0.1, 0.15) is 11.6 Å². The van der Waals surface area contributed by atoms with E-state index in [9.17, 15) is 10.1 Å². The van der Waals surface area contributed by atoms with Crippen LogP contribution in [0.5, 0.6) is 11.5 Å². The van der Waals surface area contributed by atoms with E-state index in [1.807, 2.05) is 0 Å². The molecular weight excluding hydrogens is 320 g/mol. The number of nitrogens with zero attached hydrogens (tertiary/aromatic N) is 1. The van der Waals surface area contributed by atoms with Gasteiger partial charge in [-0.05, 0) is 29.8 Å². The van der Waals surface area contributed by atoms with Gasteiger partial charge in [0.2, 0.25) is 6.54 Å². The van der Waals surface area contributed by atoms with Crippen LogP contribution in [0, 0.1) is 10.1 Å². The van der Waals surface area contributed by atoms with Crippen LogP contribution in [0.2, 0.25) is 5.02 Å². The second-order valence-electron chi connectivity index (χ2n) is 4.83. The molecule has 0 amide bonds. The number of ether oxygens (including phenoxy) is 2. The van der Waals surface area contributed by atoms with Gasteiger partial charge in [0, 0.05) is 16.0 Å². The van der Waals surface area contributed by atoms with E-state index in [2.05, 4.69) is 5.32 Å². The summed E-state index contributed by atoms with van der Waals surface area (Å²) < 4.78 is 10.5. The number of rotatable bonds is 7. The van der Waals surface area contributed by atoms with Crippen molar-refractivity contribution < 1.29 is 14.4 Å². The average Bonchev–Trinajstić information content (AvgIpc) is 2.54. The molecule has 0 aliphatic heterocycles. The van der Waals surface area contributed by atoms with Crippen LogP contribution >= 0.6 is 11.6 Å². The van der Waals surface area contributed by atoms with Crippen molar-refractivity contribution in [1.29, 1.82) is 0 Å². The van der Waals surface area contributed by atoms with Crippen molar-refractivity contribution in [2.24, 2.45) is 0 Å². The third-order valence-electron chi connectivity index (χ3n) is 3.34. The highest BCUT2D eigenvalue weighted by molar-refractivity contribution is 6.30. The molecule has 2 aromatic carbocycles. The van der Waals surface area contributed by atoms with Gasteiger partial charge in [-0.15, -0.1) is 0 Å². The Labute approximate surface area is 139 Å². The van der Waals surface area contributed by atoms with Gasteiger partial charge in [0.1, 0.15) is 17.5 Å². The van der Waals surface area contributed by atoms with Crippen LogP contribution in [0.25, 0.3) is 0 Å². The summed E-state index contributed by atoms with van der Waals surface area (Å²) in [7, 11) is 3.09. The van der Waals surface area contributed by atoms with Crippen LogP contribution in [0.4, 0.5) is 5.69 Å². The van der Waals surface area contributed by atoms with E-state index >= 15 is 0 Å². The highest BCUT2D eigenvalue weighted by atomic mass is 35.5. The maximum atomic E-state index is 11.0. The molecule has 0 aromatic heterocycles. The Morgan fingerprint density at radius 2 is 1.87 bits per heavy atom. The molecule has 0 saturated heterocycles. The number of nitrogens with one attached hydrogen (secondary N) is 1. The Morgan fingerprint density at radius 1 is 1.17 bits per heavy atom. The van der Waals surface area contributed by atoms with Gasteiger partial charge in [-0.1, -0.05) is 23.7 Å². The largest absolute Gasteiger partial charge is 0.497 e. The summed E-state index contributed by atoms with van der Waals surface area (Å²) >= 11 is 5.88. The average molecular weight is 337 g/mol. The molecule has 0 aliphatic rings. The topological polar surface area (TPSA) is 73.6 Å². The normalized spacial score (nSPS) is 11.6. The van der Waals surface area contributed by atoms with Crippen molar-refractivity contribution in [1.82, 2.24) is 0 Å². The highest BCUT2D eigenvalue weighted by Crippen LogP contribution is 2.32. The number of hydrogen-bond acceptors (Lipinski definition) is 5. The van der Waals surface area contributed by atoms with Crippen molar-refractivity contribution >= 4 is 17.3 Å². The van der Waals surface area contributed by atoms with Crippen LogP contribution in [0.3, 0.4) is 0 Å². The first-order valence-electron chi connectivity index (χ1n) is 6.89. The monoisotopic (exact) mass is 336 g/mol. The van der Waals surface area contributed by atoms with Gasteiger partial charge in [-0.2, -0.15) is 0 Å². The van der Waals surface area contributed by atoms with Gasteiger partial charge in [-0.3, -0.25) is 10.1 Å². The number of methoxy groups -OCH3 is 2. The summed E-state index contributed by atoms with van der Waals surface area (Å²) in [6, 6.07) is 11.7. The molecule has 0 saturated carbocycles. The zero-order valence-electron chi connectivity index (χ0n) is 12.8. The minimum Gasteiger partial charge on any atom is -0.497 e. The lowest BCUT2D eigenvalue weighted by Crippen LogP contribution is -2.20. The summed E-state index contributed by atoms with van der Waals surface area (Å²) in [4.78, 5) is 10.6. The van der Waals surface area contributed by atoms with Crippen molar-refractivity contribution in [2.45, 2.75) is 6.04 Å². The molecule has 7 heteroatoms. The van der Waals surface area contributed by atoms with E-state index in [0.717, 1.165) is 5.56 Å². The standard InChI is InChI=1S/C16H17ClN2O4/c1-22-13-7-8-14(16(9-13)23-2)18-15(10-19(20)21)11-3-5-12(17)6-4-11/h3-9,15,18H,10H2,1-2H3/t15-/m1/s1. The SMILES string of the molecule is COc1ccc(N[C@H](C[N+](=O)[O-])c2ccc(Cl)cc2)c(OC)c1. The Bertz CT molecular complexity index is 676. The second-order valence-corrected chi connectivity index (χ2v) is 5.27. The van der Waals surface area contributed by atoms with Crippen molar-refractivity contribution in [2.75, 3.05) is 26.1 Å². The molecule has 1 atom stereocenters.